The van der Waals surface area contributed by atoms with E-state index in [9.17, 15) is 18.0 Å². The van der Waals surface area contributed by atoms with Gasteiger partial charge in [0.2, 0.25) is 0 Å². The lowest BCUT2D eigenvalue weighted by Crippen LogP contribution is -2.36. The molecule has 0 spiro atoms. The maximum atomic E-state index is 15.1. The summed E-state index contributed by atoms with van der Waals surface area (Å²) in [7, 11) is -3.77. The fourth-order valence-corrected chi connectivity index (χ4v) is 5.97. The monoisotopic (exact) mass is 565 g/mol. The summed E-state index contributed by atoms with van der Waals surface area (Å²) in [6.45, 7) is 4.18. The molecule has 1 atom stereocenters. The average molecular weight is 566 g/mol. The normalized spacial score (nSPS) is 17.1. The lowest BCUT2D eigenvalue weighted by atomic mass is 10.00. The minimum atomic E-state index is -3.77. The number of halogens is 1. The zero-order chi connectivity index (χ0) is 28.4. The molecule has 40 heavy (non-hydrogen) atoms. The first-order valence-corrected chi connectivity index (χ1v) is 15.2. The third kappa shape index (κ3) is 5.73. The summed E-state index contributed by atoms with van der Waals surface area (Å²) in [4.78, 5) is 27.3. The highest BCUT2D eigenvalue weighted by Gasteiger charge is 2.27. The van der Waals surface area contributed by atoms with Crippen LogP contribution in [-0.4, -0.2) is 63.7 Å². The molecule has 210 valence electrons. The Morgan fingerprint density at radius 1 is 1.10 bits per heavy atom. The van der Waals surface area contributed by atoms with Gasteiger partial charge in [-0.25, -0.2) is 12.8 Å². The van der Waals surface area contributed by atoms with E-state index in [1.54, 1.807) is 24.0 Å². The van der Waals surface area contributed by atoms with Crippen LogP contribution in [0.15, 0.2) is 59.5 Å². The van der Waals surface area contributed by atoms with E-state index < -0.39 is 20.5 Å². The van der Waals surface area contributed by atoms with Crippen LogP contribution >= 0.6 is 0 Å². The van der Waals surface area contributed by atoms with Crippen molar-refractivity contribution in [2.75, 3.05) is 32.5 Å². The van der Waals surface area contributed by atoms with Crippen LogP contribution in [0.5, 0.6) is 5.75 Å². The first-order chi connectivity index (χ1) is 19.2. The maximum Gasteiger partial charge on any atom is 0.254 e. The third-order valence-corrected chi connectivity index (χ3v) is 8.51. The Labute approximate surface area is 233 Å². The average Bonchev–Trinajstić information content (AvgIpc) is 3.35. The van der Waals surface area contributed by atoms with Gasteiger partial charge in [0.25, 0.3) is 11.8 Å². The molecule has 2 aliphatic rings. The fraction of sp³-hybridized carbons (Fsp3) is 0.333. The molecule has 0 radical (unpaired) electrons. The molecular formula is C30H32FN3O5S. The molecule has 2 amide bonds. The molecule has 1 saturated heterocycles. The number of nitrogens with one attached hydrogen (secondary N) is 2. The Kier molecular flexibility index (Phi) is 7.91. The summed E-state index contributed by atoms with van der Waals surface area (Å²) < 4.78 is 45.0. The van der Waals surface area contributed by atoms with E-state index in [0.717, 1.165) is 48.5 Å². The zero-order valence-corrected chi connectivity index (χ0v) is 23.3. The second kappa shape index (κ2) is 11.4. The van der Waals surface area contributed by atoms with Gasteiger partial charge in [-0.15, -0.1) is 0 Å². The summed E-state index contributed by atoms with van der Waals surface area (Å²) in [5, 5.41) is 6.28. The fourth-order valence-electron chi connectivity index (χ4n) is 5.21. The highest BCUT2D eigenvalue weighted by atomic mass is 32.2. The van der Waals surface area contributed by atoms with Gasteiger partial charge in [-0.2, -0.15) is 0 Å². The van der Waals surface area contributed by atoms with Gasteiger partial charge < -0.3 is 20.3 Å². The van der Waals surface area contributed by atoms with Crippen LogP contribution in [0.1, 0.15) is 45.2 Å². The summed E-state index contributed by atoms with van der Waals surface area (Å²) in [5.41, 5.74) is 3.43. The molecule has 0 bridgehead atoms. The molecule has 2 N–H and O–H groups in total. The molecule has 2 heterocycles. The number of carbonyl (C=O) groups is 2. The number of rotatable bonds is 6. The molecular weight excluding hydrogens is 533 g/mol. The van der Waals surface area contributed by atoms with Crippen molar-refractivity contribution in [3.05, 3.63) is 82.7 Å². The Morgan fingerprint density at radius 3 is 2.52 bits per heavy atom. The first-order valence-electron chi connectivity index (χ1n) is 13.3. The minimum Gasteiger partial charge on any atom is -0.491 e. The summed E-state index contributed by atoms with van der Waals surface area (Å²) in [6.07, 6.45) is 2.04. The van der Waals surface area contributed by atoms with Crippen molar-refractivity contribution in [1.82, 2.24) is 15.5 Å². The molecule has 2 aliphatic heterocycles. The number of amides is 2. The summed E-state index contributed by atoms with van der Waals surface area (Å²) in [6, 6.07) is 15.8. The van der Waals surface area contributed by atoms with E-state index in [1.165, 1.54) is 6.07 Å². The quantitative estimate of drug-likeness (QED) is 0.474. The Balaban J connectivity index is 1.37. The molecule has 0 aliphatic carbocycles. The van der Waals surface area contributed by atoms with Crippen LogP contribution in [0, 0.1) is 5.82 Å². The zero-order valence-electron chi connectivity index (χ0n) is 22.5. The minimum absolute atomic E-state index is 0.0837. The van der Waals surface area contributed by atoms with Crippen molar-refractivity contribution in [1.29, 1.82) is 0 Å². The molecule has 5 rings (SSSR count). The standard InChI is InChI=1S/C30H32FN3O5S/c1-3-24-25(9-11-27(28(24)31)40(2,37)38)30(36)34-14-15-39-26-10-8-21(16-22(26)18-34)19-4-6-20(7-5-19)29(35)33-23-12-13-32-17-23/h4-11,16,23,32H,3,12-15,17-18H2,1-2H3,(H,33,35)/t23-/m0/s1. The number of ether oxygens (including phenoxy) is 1. The van der Waals surface area contributed by atoms with Gasteiger partial charge in [-0.1, -0.05) is 25.1 Å². The van der Waals surface area contributed by atoms with E-state index in [2.05, 4.69) is 10.6 Å². The van der Waals surface area contributed by atoms with Gasteiger partial charge in [-0.05, 0) is 66.9 Å². The molecule has 0 aromatic heterocycles. The highest BCUT2D eigenvalue weighted by Crippen LogP contribution is 2.31. The van der Waals surface area contributed by atoms with E-state index in [-0.39, 0.29) is 48.6 Å². The lowest BCUT2D eigenvalue weighted by molar-refractivity contribution is 0.0731. The van der Waals surface area contributed by atoms with Gasteiger partial charge in [0.05, 0.1) is 6.54 Å². The molecule has 3 aromatic rings. The van der Waals surface area contributed by atoms with E-state index in [1.807, 2.05) is 30.3 Å². The van der Waals surface area contributed by atoms with E-state index in [0.29, 0.717) is 17.9 Å². The number of sulfone groups is 1. The predicted octanol–water partition coefficient (Wildman–Crippen LogP) is 3.59. The smallest absolute Gasteiger partial charge is 0.254 e. The Morgan fingerprint density at radius 2 is 1.85 bits per heavy atom. The van der Waals surface area contributed by atoms with Gasteiger partial charge >= 0.3 is 0 Å². The first kappa shape index (κ1) is 27.8. The van der Waals surface area contributed by atoms with Gasteiger partial charge in [0.15, 0.2) is 9.84 Å². The maximum absolute atomic E-state index is 15.1. The molecule has 8 nitrogen and oxygen atoms in total. The lowest BCUT2D eigenvalue weighted by Gasteiger charge is -2.22. The molecule has 0 unspecified atom stereocenters. The van der Waals surface area contributed by atoms with Crippen molar-refractivity contribution < 1.29 is 27.1 Å². The van der Waals surface area contributed by atoms with E-state index in [4.69, 9.17) is 4.74 Å². The number of benzene rings is 3. The van der Waals surface area contributed by atoms with Crippen molar-refractivity contribution >= 4 is 21.7 Å². The van der Waals surface area contributed by atoms with Crippen molar-refractivity contribution in [3.63, 3.8) is 0 Å². The molecule has 1 fully saturated rings. The number of hydrogen-bond donors (Lipinski definition) is 2. The molecule has 3 aromatic carbocycles. The van der Waals surface area contributed by atoms with Crippen molar-refractivity contribution in [2.24, 2.45) is 0 Å². The van der Waals surface area contributed by atoms with Gasteiger partial charge in [0.1, 0.15) is 23.1 Å². The largest absolute Gasteiger partial charge is 0.491 e. The van der Waals surface area contributed by atoms with Crippen LogP contribution < -0.4 is 15.4 Å². The van der Waals surface area contributed by atoms with Crippen LogP contribution in [0.25, 0.3) is 11.1 Å². The van der Waals surface area contributed by atoms with Crippen LogP contribution in [0.4, 0.5) is 4.39 Å². The van der Waals surface area contributed by atoms with Crippen LogP contribution in [-0.2, 0) is 22.8 Å². The van der Waals surface area contributed by atoms with Crippen molar-refractivity contribution in [3.8, 4) is 16.9 Å². The predicted molar refractivity (Wildman–Crippen MR) is 150 cm³/mol. The summed E-state index contributed by atoms with van der Waals surface area (Å²) >= 11 is 0. The number of nitrogens with zero attached hydrogens (tertiary/aromatic N) is 1. The van der Waals surface area contributed by atoms with Gasteiger partial charge in [-0.3, -0.25) is 9.59 Å². The topological polar surface area (TPSA) is 105 Å². The van der Waals surface area contributed by atoms with Crippen molar-refractivity contribution in [2.45, 2.75) is 37.2 Å². The third-order valence-electron chi connectivity index (χ3n) is 7.39. The number of fused-ring (bicyclic) bond motifs is 1. The van der Waals surface area contributed by atoms with Crippen LogP contribution in [0.2, 0.25) is 0 Å². The SMILES string of the molecule is CCc1c(C(=O)N2CCOc3ccc(-c4ccc(C(=O)N[C@H]5CCNC5)cc4)cc3C2)ccc(S(C)(=O)=O)c1F. The highest BCUT2D eigenvalue weighted by molar-refractivity contribution is 7.90. The van der Waals surface area contributed by atoms with Gasteiger partial charge in [0, 0.05) is 47.6 Å². The number of carbonyl (C=O) groups excluding carboxylic acids is 2. The van der Waals surface area contributed by atoms with E-state index >= 15 is 4.39 Å². The van der Waals surface area contributed by atoms with Crippen LogP contribution in [0.3, 0.4) is 0 Å². The second-order valence-corrected chi connectivity index (χ2v) is 12.2. The summed E-state index contributed by atoms with van der Waals surface area (Å²) in [5.74, 6) is -0.696. The Bertz CT molecular complexity index is 1550. The Hall–Kier alpha value is -3.76. The molecule has 10 heteroatoms. The number of hydrogen-bond acceptors (Lipinski definition) is 6. The molecule has 0 saturated carbocycles. The second-order valence-electron chi connectivity index (χ2n) is 10.2.